The third kappa shape index (κ3) is 15.2. The lowest BCUT2D eigenvalue weighted by Crippen LogP contribution is -2.24. The van der Waals surface area contributed by atoms with Gasteiger partial charge in [-0.25, -0.2) is 8.42 Å². The van der Waals surface area contributed by atoms with Gasteiger partial charge in [-0.2, -0.15) is 4.31 Å². The van der Waals surface area contributed by atoms with Crippen molar-refractivity contribution in [3.8, 4) is 29.6 Å². The summed E-state index contributed by atoms with van der Waals surface area (Å²) >= 11 is 1.44. The summed E-state index contributed by atoms with van der Waals surface area (Å²) in [7, 11) is -3.35. The highest BCUT2D eigenvalue weighted by atomic mass is 32.2. The lowest BCUT2D eigenvalue weighted by atomic mass is 9.78. The van der Waals surface area contributed by atoms with Crippen LogP contribution < -0.4 is 0 Å². The van der Waals surface area contributed by atoms with E-state index >= 15 is 0 Å². The minimum absolute atomic E-state index is 0.0194. The van der Waals surface area contributed by atoms with Gasteiger partial charge in [0.15, 0.2) is 5.78 Å². The number of thiophene rings is 1. The second-order valence-corrected chi connectivity index (χ2v) is 27.7. The first kappa shape index (κ1) is 59.6. The zero-order chi connectivity index (χ0) is 53.7. The number of carbonyl (C=O) groups is 2. The van der Waals surface area contributed by atoms with Crippen LogP contribution in [-0.4, -0.2) is 52.7 Å². The normalized spacial score (nSPS) is 15.1. The molecule has 0 aliphatic carbocycles. The number of rotatable bonds is 9. The van der Waals surface area contributed by atoms with Gasteiger partial charge in [-0.15, -0.1) is 23.7 Å². The predicted molar refractivity (Wildman–Crippen MR) is 295 cm³/mol. The number of ketones is 2. The lowest BCUT2D eigenvalue weighted by Gasteiger charge is -2.28. The molecule has 0 atom stereocenters. The smallest absolute Gasteiger partial charge is 0.239 e. The van der Waals surface area contributed by atoms with Gasteiger partial charge in [0.05, 0.1) is 9.78 Å². The summed E-state index contributed by atoms with van der Waals surface area (Å²) in [5, 5.41) is 34.1. The van der Waals surface area contributed by atoms with E-state index in [0.29, 0.717) is 65.6 Å². The quantitative estimate of drug-likeness (QED) is 0.0864. The van der Waals surface area contributed by atoms with Crippen LogP contribution in [0.5, 0.6) is 17.2 Å². The number of terminal acetylenes is 1. The number of phenols is 3. The Morgan fingerprint density at radius 3 is 1.36 bits per heavy atom. The first-order chi connectivity index (χ1) is 31.8. The summed E-state index contributed by atoms with van der Waals surface area (Å²) in [6.45, 7) is 39.8. The van der Waals surface area contributed by atoms with Gasteiger partial charge in [0, 0.05) is 70.4 Å². The Balaban J connectivity index is 0.000000278. The van der Waals surface area contributed by atoms with Gasteiger partial charge in [-0.1, -0.05) is 138 Å². The Morgan fingerprint density at radius 2 is 1.03 bits per heavy atom. The third-order valence-electron chi connectivity index (χ3n) is 12.5. The van der Waals surface area contributed by atoms with E-state index in [1.807, 2.05) is 102 Å². The Morgan fingerprint density at radius 1 is 0.643 bits per heavy atom. The molecule has 0 amide bonds. The maximum absolute atomic E-state index is 12.7. The highest BCUT2D eigenvalue weighted by Crippen LogP contribution is 2.43. The molecule has 0 spiro atoms. The second-order valence-electron chi connectivity index (χ2n) is 24.8. The second kappa shape index (κ2) is 22.4. The van der Waals surface area contributed by atoms with Gasteiger partial charge < -0.3 is 15.3 Å². The zero-order valence-corrected chi connectivity index (χ0v) is 47.7. The van der Waals surface area contributed by atoms with Crippen molar-refractivity contribution in [1.82, 2.24) is 4.31 Å². The van der Waals surface area contributed by atoms with Crippen LogP contribution in [0, 0.1) is 12.3 Å². The molecule has 0 bridgehead atoms. The van der Waals surface area contributed by atoms with E-state index in [4.69, 9.17) is 6.42 Å². The minimum atomic E-state index is -3.35. The van der Waals surface area contributed by atoms with Crippen molar-refractivity contribution in [2.75, 3.05) is 13.1 Å². The first-order valence-corrected chi connectivity index (χ1v) is 27.0. The van der Waals surface area contributed by atoms with Gasteiger partial charge in [0.1, 0.15) is 17.2 Å². The summed E-state index contributed by atoms with van der Waals surface area (Å²) in [5.41, 5.74) is 5.81. The number of sulfonamides is 1. The molecule has 1 fully saturated rings. The molecule has 1 saturated heterocycles. The summed E-state index contributed by atoms with van der Waals surface area (Å²) in [5.74, 6) is 3.68. The van der Waals surface area contributed by atoms with Gasteiger partial charge >= 0.3 is 0 Å². The van der Waals surface area contributed by atoms with Crippen molar-refractivity contribution < 1.29 is 33.3 Å². The molecule has 0 unspecified atom stereocenters. The number of unbranched alkanes of at least 4 members (excludes halogenated alkanes) is 2. The van der Waals surface area contributed by atoms with Crippen LogP contribution in [0.2, 0.25) is 0 Å². The maximum atomic E-state index is 12.7. The third-order valence-corrected chi connectivity index (χ3v) is 15.4. The molecular weight excluding hydrogens is 911 g/mol. The number of hydrogen-bond donors (Lipinski definition) is 3. The SMILES string of the molecule is C#CCCCCC(=O)c1cc(C(C)(C)C)c(O)c(C(C)(C)C)c1.CC(C)(C)c1cc(C(=O)c2cccs2)cc(C(C)(C)C)c1O.CCN1CC/C(=C/c2cc(C(C)(C)C)c(O)c(C(C)(C)C)c2)S1(=O)=O. The van der Waals surface area contributed by atoms with Crippen molar-refractivity contribution in [3.05, 3.63) is 114 Å². The fraction of sp³-hybridized carbons (Fsp3) is 0.533. The van der Waals surface area contributed by atoms with Crippen LogP contribution in [-0.2, 0) is 42.5 Å². The molecule has 5 rings (SSSR count). The van der Waals surface area contributed by atoms with Crippen LogP contribution in [0.4, 0.5) is 0 Å². The summed E-state index contributed by atoms with van der Waals surface area (Å²) in [6.07, 6.45) is 10.4. The van der Waals surface area contributed by atoms with E-state index in [1.165, 1.54) is 15.6 Å². The average molecular weight is 996 g/mol. The van der Waals surface area contributed by atoms with Gasteiger partial charge in [0.2, 0.25) is 15.8 Å². The number of hydrogen-bond acceptors (Lipinski definition) is 8. The van der Waals surface area contributed by atoms with E-state index in [2.05, 4.69) is 89.0 Å². The first-order valence-electron chi connectivity index (χ1n) is 24.7. The summed E-state index contributed by atoms with van der Waals surface area (Å²) in [4.78, 5) is 26.4. The van der Waals surface area contributed by atoms with Crippen molar-refractivity contribution in [2.24, 2.45) is 0 Å². The maximum Gasteiger partial charge on any atom is 0.239 e. The topological polar surface area (TPSA) is 132 Å². The molecule has 2 heterocycles. The fourth-order valence-corrected chi connectivity index (χ4v) is 10.6. The number of nitrogens with zero attached hydrogens (tertiary/aromatic N) is 1. The molecule has 1 aliphatic heterocycles. The van der Waals surface area contributed by atoms with E-state index in [1.54, 1.807) is 6.08 Å². The van der Waals surface area contributed by atoms with Crippen molar-refractivity contribution in [3.63, 3.8) is 0 Å². The molecule has 0 radical (unpaired) electrons. The summed E-state index contributed by atoms with van der Waals surface area (Å²) in [6, 6.07) is 15.0. The van der Waals surface area contributed by atoms with Gasteiger partial charge in [-0.05, 0) is 111 Å². The molecule has 10 heteroatoms. The van der Waals surface area contributed by atoms with Crippen molar-refractivity contribution in [2.45, 2.75) is 196 Å². The van der Waals surface area contributed by atoms with Crippen molar-refractivity contribution >= 4 is 39.0 Å². The lowest BCUT2D eigenvalue weighted by molar-refractivity contribution is 0.0978. The average Bonchev–Trinajstić information content (AvgIpc) is 3.85. The Bertz CT molecular complexity index is 2570. The Hall–Kier alpha value is -4.69. The van der Waals surface area contributed by atoms with E-state index < -0.39 is 10.0 Å². The molecule has 4 aromatic rings. The molecule has 70 heavy (non-hydrogen) atoms. The standard InChI is InChI=1S/C21H30O2.C20H31NO3S.C19H24O2S/c1-8-9-10-11-12-18(22)15-13-16(20(2,3)4)19(23)17(14-15)21(5,6)7;1-8-21-10-9-15(25(21,23)24)11-14-12-16(19(2,3)4)18(22)17(13-14)20(5,6)7;1-18(2,3)13-10-12(16(20)15-8-7-9-22-15)11-14(17(13)21)19(4,5)6/h1,13-14,23H,9-12H2,2-7H3;11-13,22H,8-10H2,1-7H3;7-11,21H,1-6H3/b;15-11-;. The highest BCUT2D eigenvalue weighted by molar-refractivity contribution is 7.93. The van der Waals surface area contributed by atoms with E-state index in [0.717, 1.165) is 56.7 Å². The number of carbonyl (C=O) groups excluding carboxylic acids is 2. The van der Waals surface area contributed by atoms with Gasteiger partial charge in [0.25, 0.3) is 0 Å². The van der Waals surface area contributed by atoms with Crippen LogP contribution in [0.1, 0.15) is 228 Å². The van der Waals surface area contributed by atoms with Crippen LogP contribution >= 0.6 is 11.3 Å². The number of aromatic hydroxyl groups is 3. The zero-order valence-electron chi connectivity index (χ0n) is 46.0. The van der Waals surface area contributed by atoms with E-state index in [-0.39, 0.29) is 44.1 Å². The molecular formula is C60H85NO7S2. The molecule has 3 N–H and O–H groups in total. The minimum Gasteiger partial charge on any atom is -0.507 e. The van der Waals surface area contributed by atoms with Crippen LogP contribution in [0.25, 0.3) is 6.08 Å². The number of phenolic OH excluding ortho intramolecular Hbond substituents is 3. The Kier molecular flexibility index (Phi) is 19.1. The van der Waals surface area contributed by atoms with Crippen molar-refractivity contribution in [1.29, 1.82) is 0 Å². The molecule has 1 aliphatic rings. The van der Waals surface area contributed by atoms with Crippen LogP contribution in [0.3, 0.4) is 0 Å². The molecule has 3 aromatic carbocycles. The molecule has 384 valence electrons. The molecule has 0 saturated carbocycles. The fourth-order valence-electron chi connectivity index (χ4n) is 8.25. The van der Waals surface area contributed by atoms with E-state index in [9.17, 15) is 33.3 Å². The molecule has 1 aromatic heterocycles. The predicted octanol–water partition coefficient (Wildman–Crippen LogP) is 15.0. The highest BCUT2D eigenvalue weighted by Gasteiger charge is 2.34. The molecule has 8 nitrogen and oxygen atoms in total. The largest absolute Gasteiger partial charge is 0.507 e. The Labute approximate surface area is 427 Å². The number of benzene rings is 3. The van der Waals surface area contributed by atoms with Crippen LogP contribution in [0.15, 0.2) is 58.8 Å². The monoisotopic (exact) mass is 996 g/mol. The summed E-state index contributed by atoms with van der Waals surface area (Å²) < 4.78 is 26.6. The number of Topliss-reactive ketones (excluding diaryl/α,β-unsaturated/α-hetero) is 1. The van der Waals surface area contributed by atoms with Gasteiger partial charge in [-0.3, -0.25) is 9.59 Å².